The van der Waals surface area contributed by atoms with Crippen LogP contribution in [0.1, 0.15) is 29.5 Å². The van der Waals surface area contributed by atoms with E-state index in [-0.39, 0.29) is 29.5 Å². The largest absolute Gasteiger partial charge is 0.357 e. The molecule has 2 aliphatic carbocycles. The quantitative estimate of drug-likeness (QED) is 0.264. The van der Waals surface area contributed by atoms with Gasteiger partial charge in [0.2, 0.25) is 0 Å². The molecule has 0 N–H and O–H groups in total. The number of carbonyl (C=O) groups excluding carboxylic acids is 1. The van der Waals surface area contributed by atoms with Crippen LogP contribution >= 0.6 is 0 Å². The summed E-state index contributed by atoms with van der Waals surface area (Å²) in [6.45, 7) is 0. The van der Waals surface area contributed by atoms with Crippen molar-refractivity contribution in [3.05, 3.63) is 138 Å². The Morgan fingerprint density at radius 3 is 1.61 bits per heavy atom. The fourth-order valence-corrected chi connectivity index (χ4v) is 8.22. The standard InChI is InChI=1S/C33H30O4S/c34-30-22-24-21-25(23-38(35,36)29-19-11-4-12-20-29)31(30)32(24)37-33(26-13-5-1-6-14-26,27-15-7-2-8-16-27)28-17-9-3-10-18-28/h1-20,24-25,31-32H,21-23H2/t24-,25+,31+,32+/m0/s1. The average molecular weight is 523 g/mol. The van der Waals surface area contributed by atoms with Gasteiger partial charge in [-0.2, -0.15) is 0 Å². The maximum absolute atomic E-state index is 13.3. The van der Waals surface area contributed by atoms with Gasteiger partial charge >= 0.3 is 0 Å². The minimum Gasteiger partial charge on any atom is -0.357 e. The van der Waals surface area contributed by atoms with Gasteiger partial charge in [0, 0.05) is 12.3 Å². The first kappa shape index (κ1) is 24.8. The molecule has 0 amide bonds. The van der Waals surface area contributed by atoms with E-state index in [1.807, 2.05) is 54.6 Å². The van der Waals surface area contributed by atoms with Crippen molar-refractivity contribution in [2.45, 2.75) is 29.4 Å². The fraction of sp³-hybridized carbons (Fsp3) is 0.242. The summed E-state index contributed by atoms with van der Waals surface area (Å²) in [6.07, 6.45) is 0.729. The molecule has 4 nitrogen and oxygen atoms in total. The van der Waals surface area contributed by atoms with Crippen LogP contribution in [-0.2, 0) is 25.0 Å². The minimum absolute atomic E-state index is 0.0148. The van der Waals surface area contributed by atoms with E-state index >= 15 is 0 Å². The molecule has 4 aromatic rings. The topological polar surface area (TPSA) is 60.4 Å². The van der Waals surface area contributed by atoms with Crippen LogP contribution in [0.25, 0.3) is 0 Å². The van der Waals surface area contributed by atoms with Gasteiger partial charge < -0.3 is 4.74 Å². The number of fused-ring (bicyclic) bond motifs is 2. The van der Waals surface area contributed by atoms with E-state index in [0.29, 0.717) is 17.7 Å². The highest BCUT2D eigenvalue weighted by Crippen LogP contribution is 2.53. The van der Waals surface area contributed by atoms with Crippen molar-refractivity contribution in [2.75, 3.05) is 5.75 Å². The Morgan fingerprint density at radius 1 is 0.684 bits per heavy atom. The van der Waals surface area contributed by atoms with E-state index in [4.69, 9.17) is 4.74 Å². The summed E-state index contributed by atoms with van der Waals surface area (Å²) in [5, 5.41) is 0. The first-order valence-corrected chi connectivity index (χ1v) is 14.8. The minimum atomic E-state index is -3.52. The lowest BCUT2D eigenvalue weighted by molar-refractivity contribution is -0.126. The smallest absolute Gasteiger partial charge is 0.178 e. The van der Waals surface area contributed by atoms with Crippen LogP contribution in [0.2, 0.25) is 0 Å². The van der Waals surface area contributed by atoms with Gasteiger partial charge in [-0.3, -0.25) is 4.79 Å². The zero-order valence-electron chi connectivity index (χ0n) is 21.0. The summed E-state index contributed by atoms with van der Waals surface area (Å²) >= 11 is 0. The average Bonchev–Trinajstić information content (AvgIpc) is 3.44. The number of hydrogen-bond acceptors (Lipinski definition) is 4. The van der Waals surface area contributed by atoms with Gasteiger partial charge in [-0.15, -0.1) is 0 Å². The zero-order valence-corrected chi connectivity index (χ0v) is 21.8. The van der Waals surface area contributed by atoms with Gasteiger partial charge in [-0.25, -0.2) is 8.42 Å². The molecule has 0 radical (unpaired) electrons. The van der Waals surface area contributed by atoms with E-state index in [2.05, 4.69) is 36.4 Å². The first-order valence-electron chi connectivity index (χ1n) is 13.1. The van der Waals surface area contributed by atoms with E-state index in [1.54, 1.807) is 30.3 Å². The third-order valence-corrected chi connectivity index (χ3v) is 10.0. The lowest BCUT2D eigenvalue weighted by Crippen LogP contribution is -2.40. The number of sulfone groups is 1. The Labute approximate surface area is 224 Å². The molecule has 2 bridgehead atoms. The fourth-order valence-electron chi connectivity index (χ4n) is 6.55. The van der Waals surface area contributed by atoms with E-state index in [0.717, 1.165) is 16.7 Å². The second kappa shape index (κ2) is 9.97. The van der Waals surface area contributed by atoms with Crippen LogP contribution in [0, 0.1) is 17.8 Å². The van der Waals surface area contributed by atoms with E-state index < -0.39 is 21.4 Å². The molecule has 0 unspecified atom stereocenters. The Morgan fingerprint density at radius 2 is 1.13 bits per heavy atom. The van der Waals surface area contributed by atoms with Gasteiger partial charge in [0.05, 0.1) is 16.8 Å². The molecule has 0 aliphatic heterocycles. The molecular weight excluding hydrogens is 492 g/mol. The maximum Gasteiger partial charge on any atom is 0.178 e. The number of benzene rings is 4. The third-order valence-electron chi connectivity index (χ3n) is 8.16. The molecule has 0 spiro atoms. The molecule has 2 fully saturated rings. The molecule has 38 heavy (non-hydrogen) atoms. The SMILES string of the molecule is O=C1C[C@@H]2C[C@H](CS(=O)(=O)c3ccccc3)[C@H]1[C@@H]2OC(c1ccccc1)(c1ccccc1)c1ccccc1. The van der Waals surface area contributed by atoms with Crippen LogP contribution in [0.15, 0.2) is 126 Å². The zero-order chi connectivity index (χ0) is 26.2. The predicted octanol–water partition coefficient (Wildman–Crippen LogP) is 6.06. The van der Waals surface area contributed by atoms with Crippen molar-refractivity contribution in [3.8, 4) is 0 Å². The summed E-state index contributed by atoms with van der Waals surface area (Å²) < 4.78 is 33.8. The van der Waals surface area contributed by atoms with Crippen molar-refractivity contribution in [1.29, 1.82) is 0 Å². The van der Waals surface area contributed by atoms with Crippen LogP contribution in [0.3, 0.4) is 0 Å². The summed E-state index contributed by atoms with van der Waals surface area (Å²) in [5.74, 6) is -0.661. The van der Waals surface area contributed by atoms with Gasteiger partial charge in [0.1, 0.15) is 11.4 Å². The molecule has 0 saturated heterocycles. The van der Waals surface area contributed by atoms with Crippen LogP contribution < -0.4 is 0 Å². The highest BCUT2D eigenvalue weighted by Gasteiger charge is 2.57. The number of Topliss-reactive ketones (excluding diaryl/α,β-unsaturated/α-hetero) is 1. The summed E-state index contributed by atoms with van der Waals surface area (Å²) in [4.78, 5) is 13.6. The van der Waals surface area contributed by atoms with Gasteiger partial charge in [-0.05, 0) is 47.1 Å². The molecule has 4 aromatic carbocycles. The lowest BCUT2D eigenvalue weighted by atomic mass is 9.79. The number of hydrogen-bond donors (Lipinski definition) is 0. The molecule has 2 aliphatic rings. The highest BCUT2D eigenvalue weighted by molar-refractivity contribution is 7.91. The molecule has 4 atom stereocenters. The van der Waals surface area contributed by atoms with Crippen molar-refractivity contribution in [1.82, 2.24) is 0 Å². The predicted molar refractivity (Wildman–Crippen MR) is 147 cm³/mol. The second-order valence-corrected chi connectivity index (χ2v) is 12.4. The van der Waals surface area contributed by atoms with Crippen molar-refractivity contribution >= 4 is 15.6 Å². The summed E-state index contributed by atoms with van der Waals surface area (Å²) in [5.41, 5.74) is 1.99. The number of ketones is 1. The molecule has 192 valence electrons. The van der Waals surface area contributed by atoms with Gasteiger partial charge in [0.25, 0.3) is 0 Å². The van der Waals surface area contributed by atoms with E-state index in [1.165, 1.54) is 0 Å². The first-order chi connectivity index (χ1) is 18.5. The second-order valence-electron chi connectivity index (χ2n) is 10.4. The molecular formula is C33H30O4S. The number of carbonyl (C=O) groups is 1. The van der Waals surface area contributed by atoms with Crippen LogP contribution in [0.4, 0.5) is 0 Å². The van der Waals surface area contributed by atoms with Crippen LogP contribution in [0.5, 0.6) is 0 Å². The van der Waals surface area contributed by atoms with Gasteiger partial charge in [-0.1, -0.05) is 109 Å². The highest BCUT2D eigenvalue weighted by atomic mass is 32.2. The number of ether oxygens (including phenoxy) is 1. The molecule has 5 heteroatoms. The molecule has 2 saturated carbocycles. The Bertz CT molecular complexity index is 1410. The summed E-state index contributed by atoms with van der Waals surface area (Å²) in [6, 6.07) is 38.9. The van der Waals surface area contributed by atoms with Crippen molar-refractivity contribution in [3.63, 3.8) is 0 Å². The van der Waals surface area contributed by atoms with E-state index in [9.17, 15) is 13.2 Å². The summed E-state index contributed by atoms with van der Waals surface area (Å²) in [7, 11) is -3.52. The van der Waals surface area contributed by atoms with Crippen molar-refractivity contribution in [2.24, 2.45) is 17.8 Å². The lowest BCUT2D eigenvalue weighted by Gasteiger charge is -2.39. The van der Waals surface area contributed by atoms with Crippen LogP contribution in [-0.4, -0.2) is 26.1 Å². The Hall–Kier alpha value is -3.54. The van der Waals surface area contributed by atoms with Gasteiger partial charge in [0.15, 0.2) is 9.84 Å². The molecule has 6 rings (SSSR count). The van der Waals surface area contributed by atoms with Crippen molar-refractivity contribution < 1.29 is 17.9 Å². The molecule has 0 aromatic heterocycles. The third kappa shape index (κ3) is 4.30. The Kier molecular flexibility index (Phi) is 6.50. The molecule has 0 heterocycles. The monoisotopic (exact) mass is 522 g/mol. The maximum atomic E-state index is 13.3. The Balaban J connectivity index is 1.42. The number of rotatable bonds is 8. The normalized spacial score (nSPS) is 23.0.